The van der Waals surface area contributed by atoms with E-state index in [2.05, 4.69) is 0 Å². The van der Waals surface area contributed by atoms with Crippen molar-refractivity contribution in [3.05, 3.63) is 35.4 Å². The molecular formula is C16H24N2O4. The summed E-state index contributed by atoms with van der Waals surface area (Å²) < 4.78 is 10.3. The molecule has 6 heteroatoms. The van der Waals surface area contributed by atoms with Crippen molar-refractivity contribution >= 4 is 11.9 Å². The molecule has 0 aliphatic rings. The van der Waals surface area contributed by atoms with E-state index in [1.807, 2.05) is 27.7 Å². The fraction of sp³-hybridized carbons (Fsp3) is 0.500. The second-order valence-corrected chi connectivity index (χ2v) is 5.77. The zero-order valence-electron chi connectivity index (χ0n) is 13.4. The lowest BCUT2D eigenvalue weighted by atomic mass is 10.1. The summed E-state index contributed by atoms with van der Waals surface area (Å²) in [6, 6.07) is 6.26. The topological polar surface area (TPSA) is 105 Å². The molecule has 0 saturated heterocycles. The van der Waals surface area contributed by atoms with Crippen LogP contribution in [-0.4, -0.2) is 24.4 Å². The summed E-state index contributed by atoms with van der Waals surface area (Å²) >= 11 is 0. The van der Waals surface area contributed by atoms with E-state index >= 15 is 0 Å². The van der Waals surface area contributed by atoms with Crippen LogP contribution in [0, 0.1) is 11.8 Å². The molecule has 2 atom stereocenters. The van der Waals surface area contributed by atoms with Crippen LogP contribution in [0.4, 0.5) is 0 Å². The van der Waals surface area contributed by atoms with Gasteiger partial charge in [0.05, 0.1) is 11.1 Å². The highest BCUT2D eigenvalue weighted by Gasteiger charge is 2.23. The van der Waals surface area contributed by atoms with Gasteiger partial charge in [0.25, 0.3) is 0 Å². The van der Waals surface area contributed by atoms with Gasteiger partial charge in [-0.15, -0.1) is 0 Å². The lowest BCUT2D eigenvalue weighted by molar-refractivity contribution is 0.0156. The van der Waals surface area contributed by atoms with Gasteiger partial charge in [-0.2, -0.15) is 0 Å². The van der Waals surface area contributed by atoms with Crippen LogP contribution in [0.15, 0.2) is 24.3 Å². The third-order valence-electron chi connectivity index (χ3n) is 3.17. The Morgan fingerprint density at radius 1 is 0.818 bits per heavy atom. The molecule has 0 fully saturated rings. The van der Waals surface area contributed by atoms with Gasteiger partial charge in [0.15, 0.2) is 12.5 Å². The van der Waals surface area contributed by atoms with Crippen LogP contribution in [-0.2, 0) is 9.47 Å². The predicted molar refractivity (Wildman–Crippen MR) is 82.9 cm³/mol. The zero-order chi connectivity index (χ0) is 16.9. The number of benzene rings is 1. The van der Waals surface area contributed by atoms with Gasteiger partial charge in [0, 0.05) is 11.8 Å². The normalized spacial score (nSPS) is 13.8. The highest BCUT2D eigenvalue weighted by atomic mass is 16.6. The summed E-state index contributed by atoms with van der Waals surface area (Å²) in [5.41, 5.74) is 11.7. The van der Waals surface area contributed by atoms with E-state index < -0.39 is 24.4 Å². The number of hydrogen-bond acceptors (Lipinski definition) is 6. The lowest BCUT2D eigenvalue weighted by Crippen LogP contribution is -2.34. The first kappa shape index (κ1) is 18.1. The van der Waals surface area contributed by atoms with Crippen molar-refractivity contribution in [2.24, 2.45) is 23.3 Å². The Labute approximate surface area is 130 Å². The molecule has 1 rings (SSSR count). The van der Waals surface area contributed by atoms with E-state index in [-0.39, 0.29) is 23.0 Å². The zero-order valence-corrected chi connectivity index (χ0v) is 13.4. The van der Waals surface area contributed by atoms with Gasteiger partial charge in [-0.05, 0) is 12.1 Å². The summed E-state index contributed by atoms with van der Waals surface area (Å²) in [6.07, 6.45) is -1.48. The Balaban J connectivity index is 2.94. The first-order chi connectivity index (χ1) is 10.2. The Kier molecular flexibility index (Phi) is 6.52. The highest BCUT2D eigenvalue weighted by Crippen LogP contribution is 2.15. The summed E-state index contributed by atoms with van der Waals surface area (Å²) in [5, 5.41) is 0. The average Bonchev–Trinajstić information content (AvgIpc) is 2.46. The van der Waals surface area contributed by atoms with Crippen molar-refractivity contribution in [2.45, 2.75) is 40.2 Å². The molecule has 0 amide bonds. The third kappa shape index (κ3) is 4.82. The quantitative estimate of drug-likeness (QED) is 0.614. The fourth-order valence-corrected chi connectivity index (χ4v) is 1.49. The SMILES string of the molecule is CC(C)C(N)OC(=O)c1ccccc1C(=O)OC(N)C(C)C. The van der Waals surface area contributed by atoms with Gasteiger partial charge >= 0.3 is 11.9 Å². The number of esters is 2. The van der Waals surface area contributed by atoms with Gasteiger partial charge in [-0.3, -0.25) is 11.5 Å². The summed E-state index contributed by atoms with van der Waals surface area (Å²) in [6.45, 7) is 7.33. The smallest absolute Gasteiger partial charge is 0.340 e. The van der Waals surface area contributed by atoms with Crippen molar-refractivity contribution in [3.63, 3.8) is 0 Å². The largest absolute Gasteiger partial charge is 0.443 e. The fourth-order valence-electron chi connectivity index (χ4n) is 1.49. The van der Waals surface area contributed by atoms with Crippen molar-refractivity contribution in [1.82, 2.24) is 0 Å². The molecule has 1 aromatic rings. The maximum Gasteiger partial charge on any atom is 0.340 e. The van der Waals surface area contributed by atoms with Crippen LogP contribution >= 0.6 is 0 Å². The van der Waals surface area contributed by atoms with Crippen LogP contribution in [0.2, 0.25) is 0 Å². The molecule has 1 aromatic carbocycles. The second-order valence-electron chi connectivity index (χ2n) is 5.77. The molecule has 0 aliphatic heterocycles. The van der Waals surface area contributed by atoms with Crippen LogP contribution in [0.5, 0.6) is 0 Å². The molecule has 2 unspecified atom stereocenters. The van der Waals surface area contributed by atoms with E-state index in [9.17, 15) is 9.59 Å². The lowest BCUT2D eigenvalue weighted by Gasteiger charge is -2.19. The summed E-state index contributed by atoms with van der Waals surface area (Å²) in [7, 11) is 0. The van der Waals surface area contributed by atoms with Crippen LogP contribution < -0.4 is 11.5 Å². The van der Waals surface area contributed by atoms with E-state index in [1.54, 1.807) is 12.1 Å². The molecular weight excluding hydrogens is 284 g/mol. The Bertz CT molecular complexity index is 482. The van der Waals surface area contributed by atoms with Crippen LogP contribution in [0.3, 0.4) is 0 Å². The number of hydrogen-bond donors (Lipinski definition) is 2. The Morgan fingerprint density at radius 2 is 1.14 bits per heavy atom. The van der Waals surface area contributed by atoms with Crippen molar-refractivity contribution in [3.8, 4) is 0 Å². The Morgan fingerprint density at radius 3 is 1.41 bits per heavy atom. The van der Waals surface area contributed by atoms with Gasteiger partial charge in [0.2, 0.25) is 0 Å². The van der Waals surface area contributed by atoms with E-state index in [4.69, 9.17) is 20.9 Å². The minimum absolute atomic E-state index is 0.0302. The molecule has 0 heterocycles. The minimum atomic E-state index is -0.741. The summed E-state index contributed by atoms with van der Waals surface area (Å²) in [5.74, 6) is -1.38. The first-order valence-electron chi connectivity index (χ1n) is 7.26. The summed E-state index contributed by atoms with van der Waals surface area (Å²) in [4.78, 5) is 24.3. The van der Waals surface area contributed by atoms with Gasteiger partial charge in [0.1, 0.15) is 0 Å². The van der Waals surface area contributed by atoms with Crippen LogP contribution in [0.25, 0.3) is 0 Å². The van der Waals surface area contributed by atoms with Gasteiger partial charge < -0.3 is 9.47 Å². The highest BCUT2D eigenvalue weighted by molar-refractivity contribution is 6.03. The second kappa shape index (κ2) is 7.91. The maximum atomic E-state index is 12.2. The van der Waals surface area contributed by atoms with Crippen molar-refractivity contribution < 1.29 is 19.1 Å². The average molecular weight is 308 g/mol. The molecule has 6 nitrogen and oxygen atoms in total. The molecule has 0 aliphatic carbocycles. The molecule has 0 saturated carbocycles. The molecule has 0 radical (unpaired) electrons. The minimum Gasteiger partial charge on any atom is -0.443 e. The number of carbonyl (C=O) groups excluding carboxylic acids is 2. The van der Waals surface area contributed by atoms with E-state index in [0.29, 0.717) is 0 Å². The molecule has 4 N–H and O–H groups in total. The van der Waals surface area contributed by atoms with Gasteiger partial charge in [-0.25, -0.2) is 9.59 Å². The standard InChI is InChI=1S/C16H24N2O4/c1-9(2)13(17)21-15(19)11-7-5-6-8-12(11)16(20)22-14(18)10(3)4/h5-10,13-14H,17-18H2,1-4H3. The third-order valence-corrected chi connectivity index (χ3v) is 3.17. The number of nitrogens with two attached hydrogens (primary N) is 2. The first-order valence-corrected chi connectivity index (χ1v) is 7.26. The number of carbonyl (C=O) groups is 2. The van der Waals surface area contributed by atoms with Crippen LogP contribution in [0.1, 0.15) is 48.4 Å². The van der Waals surface area contributed by atoms with E-state index in [0.717, 1.165) is 0 Å². The maximum absolute atomic E-state index is 12.2. The van der Waals surface area contributed by atoms with Crippen molar-refractivity contribution in [1.29, 1.82) is 0 Å². The van der Waals surface area contributed by atoms with Gasteiger partial charge in [-0.1, -0.05) is 39.8 Å². The predicted octanol–water partition coefficient (Wildman–Crippen LogP) is 1.88. The van der Waals surface area contributed by atoms with Crippen molar-refractivity contribution in [2.75, 3.05) is 0 Å². The molecule has 0 aromatic heterocycles. The molecule has 22 heavy (non-hydrogen) atoms. The number of ether oxygens (including phenoxy) is 2. The Hall–Kier alpha value is -1.92. The molecule has 0 spiro atoms. The number of rotatable bonds is 6. The monoisotopic (exact) mass is 308 g/mol. The molecule has 122 valence electrons. The molecule has 0 bridgehead atoms. The van der Waals surface area contributed by atoms with E-state index in [1.165, 1.54) is 12.1 Å².